The molecule has 1 aromatic rings. The minimum absolute atomic E-state index is 0.0583. The molecule has 2 aliphatic rings. The van der Waals surface area contributed by atoms with Crippen molar-refractivity contribution >= 4 is 11.9 Å². The first-order chi connectivity index (χ1) is 12.1. The summed E-state index contributed by atoms with van der Waals surface area (Å²) in [6, 6.07) is 0.0583. The summed E-state index contributed by atoms with van der Waals surface area (Å²) < 4.78 is 2.00. The van der Waals surface area contributed by atoms with Crippen LogP contribution in [0, 0.1) is 11.8 Å². The van der Waals surface area contributed by atoms with Crippen LogP contribution in [-0.4, -0.2) is 45.7 Å². The van der Waals surface area contributed by atoms with Crippen molar-refractivity contribution in [2.75, 3.05) is 13.1 Å². The van der Waals surface area contributed by atoms with E-state index in [-0.39, 0.29) is 17.9 Å². The van der Waals surface area contributed by atoms with Gasteiger partial charge in [0.2, 0.25) is 0 Å². The molecule has 0 unspecified atom stereocenters. The van der Waals surface area contributed by atoms with Gasteiger partial charge in [-0.05, 0) is 64.0 Å². The van der Waals surface area contributed by atoms with Crippen molar-refractivity contribution in [3.8, 4) is 0 Å². The first-order valence-corrected chi connectivity index (χ1v) is 9.38. The number of hydrogen-bond acceptors (Lipinski definition) is 4. The molecule has 138 valence electrons. The van der Waals surface area contributed by atoms with Crippen LogP contribution in [0.3, 0.4) is 0 Å². The van der Waals surface area contributed by atoms with E-state index in [0.717, 1.165) is 44.8 Å². The molecule has 1 saturated carbocycles. The number of rotatable bonds is 6. The van der Waals surface area contributed by atoms with Crippen LogP contribution in [-0.2, 0) is 11.3 Å². The van der Waals surface area contributed by atoms with Crippen LogP contribution in [0.5, 0.6) is 0 Å². The summed E-state index contributed by atoms with van der Waals surface area (Å²) in [4.78, 5) is 27.5. The van der Waals surface area contributed by atoms with Crippen molar-refractivity contribution in [1.29, 1.82) is 0 Å². The first kappa shape index (κ1) is 17.9. The van der Waals surface area contributed by atoms with E-state index in [1.807, 2.05) is 10.8 Å². The molecule has 1 aliphatic heterocycles. The van der Waals surface area contributed by atoms with Crippen molar-refractivity contribution in [2.45, 2.75) is 57.5 Å². The van der Waals surface area contributed by atoms with E-state index in [1.165, 1.54) is 12.8 Å². The number of hydrogen-bond donors (Lipinski definition) is 3. The van der Waals surface area contributed by atoms with Crippen molar-refractivity contribution in [3.05, 3.63) is 18.2 Å². The Bertz CT molecular complexity index is 587. The van der Waals surface area contributed by atoms with Gasteiger partial charge in [0, 0.05) is 18.8 Å². The minimum atomic E-state index is -0.725. The van der Waals surface area contributed by atoms with Gasteiger partial charge in [0.15, 0.2) is 0 Å². The van der Waals surface area contributed by atoms with Crippen LogP contribution < -0.4 is 10.6 Å². The maximum atomic E-state index is 12.3. The van der Waals surface area contributed by atoms with Crippen LogP contribution in [0.1, 0.15) is 55.4 Å². The van der Waals surface area contributed by atoms with Gasteiger partial charge < -0.3 is 20.3 Å². The summed E-state index contributed by atoms with van der Waals surface area (Å²) in [7, 11) is 0. The van der Waals surface area contributed by atoms with Crippen molar-refractivity contribution in [2.24, 2.45) is 11.8 Å². The predicted octanol–water partition coefficient (Wildman–Crippen LogP) is 1.65. The molecule has 2 fully saturated rings. The van der Waals surface area contributed by atoms with E-state index >= 15 is 0 Å². The molecule has 3 N–H and O–H groups in total. The maximum absolute atomic E-state index is 12.3. The first-order valence-electron chi connectivity index (χ1n) is 9.38. The van der Waals surface area contributed by atoms with Gasteiger partial charge >= 0.3 is 5.97 Å². The Balaban J connectivity index is 1.43. The van der Waals surface area contributed by atoms with Crippen molar-refractivity contribution in [1.82, 2.24) is 20.2 Å². The second-order valence-corrected chi connectivity index (χ2v) is 7.34. The quantitative estimate of drug-likeness (QED) is 0.726. The summed E-state index contributed by atoms with van der Waals surface area (Å²) in [6.45, 7) is 3.10. The monoisotopic (exact) mass is 348 g/mol. The molecule has 1 amide bonds. The second-order valence-electron chi connectivity index (χ2n) is 7.34. The van der Waals surface area contributed by atoms with Crippen LogP contribution in [0.2, 0.25) is 0 Å². The number of carboxylic acids is 1. The number of amides is 1. The van der Waals surface area contributed by atoms with Crippen LogP contribution in [0.25, 0.3) is 0 Å². The fourth-order valence-electron chi connectivity index (χ4n) is 3.85. The fourth-order valence-corrected chi connectivity index (χ4v) is 3.85. The van der Waals surface area contributed by atoms with E-state index in [2.05, 4.69) is 15.6 Å². The number of aryl methyl sites for hydroxylation is 1. The highest BCUT2D eigenvalue weighted by molar-refractivity contribution is 5.92. The summed E-state index contributed by atoms with van der Waals surface area (Å²) in [5.41, 5.74) is 0.450. The van der Waals surface area contributed by atoms with E-state index < -0.39 is 5.97 Å². The SMILES string of the molecule is O=C(NC1CCC(C(=O)O)CC1)c1cn(CCC2CCNCC2)cn1. The van der Waals surface area contributed by atoms with Gasteiger partial charge in [0.05, 0.1) is 12.2 Å². The van der Waals surface area contributed by atoms with E-state index in [9.17, 15) is 9.59 Å². The topological polar surface area (TPSA) is 96.3 Å². The molecule has 1 saturated heterocycles. The molecule has 7 heteroatoms. The average molecular weight is 348 g/mol. The lowest BCUT2D eigenvalue weighted by Crippen LogP contribution is -2.38. The van der Waals surface area contributed by atoms with E-state index in [4.69, 9.17) is 5.11 Å². The molecular formula is C18H28N4O3. The lowest BCUT2D eigenvalue weighted by atomic mass is 9.86. The lowest BCUT2D eigenvalue weighted by molar-refractivity contribution is -0.142. The van der Waals surface area contributed by atoms with Gasteiger partial charge in [0.1, 0.15) is 5.69 Å². The largest absolute Gasteiger partial charge is 0.481 e. The Kier molecular flexibility index (Phi) is 6.07. The number of carbonyl (C=O) groups is 2. The molecule has 1 aromatic heterocycles. The highest BCUT2D eigenvalue weighted by Crippen LogP contribution is 2.24. The highest BCUT2D eigenvalue weighted by atomic mass is 16.4. The Morgan fingerprint density at radius 3 is 2.60 bits per heavy atom. The smallest absolute Gasteiger partial charge is 0.306 e. The van der Waals surface area contributed by atoms with Gasteiger partial charge in [-0.25, -0.2) is 4.98 Å². The third-order valence-corrected chi connectivity index (χ3v) is 5.53. The number of nitrogens with zero attached hydrogens (tertiary/aromatic N) is 2. The third-order valence-electron chi connectivity index (χ3n) is 5.53. The summed E-state index contributed by atoms with van der Waals surface area (Å²) >= 11 is 0. The van der Waals surface area contributed by atoms with Crippen molar-refractivity contribution in [3.63, 3.8) is 0 Å². The Morgan fingerprint density at radius 2 is 1.92 bits per heavy atom. The molecule has 0 atom stereocenters. The standard InChI is InChI=1S/C18H28N4O3/c23-17(21-15-3-1-14(2-4-15)18(24)25)16-11-22(12-20-16)10-7-13-5-8-19-9-6-13/h11-15,19H,1-10H2,(H,21,23)(H,24,25). The van der Waals surface area contributed by atoms with Crippen LogP contribution >= 0.6 is 0 Å². The number of carbonyl (C=O) groups excluding carboxylic acids is 1. The summed E-state index contributed by atoms with van der Waals surface area (Å²) in [5, 5.41) is 15.4. The molecule has 2 heterocycles. The molecule has 0 bridgehead atoms. The summed E-state index contributed by atoms with van der Waals surface area (Å²) in [5.74, 6) is -0.385. The highest BCUT2D eigenvalue weighted by Gasteiger charge is 2.27. The molecule has 1 aliphatic carbocycles. The molecular weight excluding hydrogens is 320 g/mol. The zero-order chi connectivity index (χ0) is 17.6. The zero-order valence-electron chi connectivity index (χ0n) is 14.6. The molecule has 0 aromatic carbocycles. The third kappa shape index (κ3) is 5.04. The molecule has 0 spiro atoms. The fraction of sp³-hybridized carbons (Fsp3) is 0.722. The second kappa shape index (κ2) is 8.47. The number of carboxylic acid groups (broad SMARTS) is 1. The number of aliphatic carboxylic acids is 1. The lowest BCUT2D eigenvalue weighted by Gasteiger charge is -2.26. The van der Waals surface area contributed by atoms with Gasteiger partial charge in [0.25, 0.3) is 5.91 Å². The average Bonchev–Trinajstić information content (AvgIpc) is 3.10. The minimum Gasteiger partial charge on any atom is -0.481 e. The van der Waals surface area contributed by atoms with Crippen LogP contribution in [0.15, 0.2) is 12.5 Å². The zero-order valence-corrected chi connectivity index (χ0v) is 14.6. The van der Waals surface area contributed by atoms with Crippen LogP contribution in [0.4, 0.5) is 0 Å². The number of imidazole rings is 1. The number of piperidine rings is 1. The normalized spacial score (nSPS) is 24.8. The van der Waals surface area contributed by atoms with E-state index in [0.29, 0.717) is 18.5 Å². The predicted molar refractivity (Wildman–Crippen MR) is 93.3 cm³/mol. The molecule has 7 nitrogen and oxygen atoms in total. The Morgan fingerprint density at radius 1 is 1.20 bits per heavy atom. The van der Waals surface area contributed by atoms with E-state index in [1.54, 1.807) is 6.33 Å². The summed E-state index contributed by atoms with van der Waals surface area (Å²) in [6.07, 6.45) is 9.82. The van der Waals surface area contributed by atoms with Gasteiger partial charge in [-0.2, -0.15) is 0 Å². The molecule has 25 heavy (non-hydrogen) atoms. The maximum Gasteiger partial charge on any atom is 0.306 e. The molecule has 0 radical (unpaired) electrons. The van der Waals surface area contributed by atoms with Gasteiger partial charge in [-0.15, -0.1) is 0 Å². The molecule has 3 rings (SSSR count). The van der Waals surface area contributed by atoms with Gasteiger partial charge in [-0.1, -0.05) is 0 Å². The Hall–Kier alpha value is -1.89. The number of nitrogens with one attached hydrogen (secondary N) is 2. The van der Waals surface area contributed by atoms with Crippen molar-refractivity contribution < 1.29 is 14.7 Å². The van der Waals surface area contributed by atoms with Gasteiger partial charge in [-0.3, -0.25) is 9.59 Å². The Labute approximate surface area is 148 Å². The number of aromatic nitrogens is 2.